The molecule has 1 aliphatic rings. The van der Waals surface area contributed by atoms with Crippen molar-refractivity contribution in [2.45, 2.75) is 0 Å². The Kier molecular flexibility index (Phi) is 2.65. The van der Waals surface area contributed by atoms with E-state index in [1.54, 1.807) is 6.07 Å². The molecule has 0 bridgehead atoms. The quantitative estimate of drug-likeness (QED) is 0.668. The number of hydrogen-bond acceptors (Lipinski definition) is 5. The zero-order valence-electron chi connectivity index (χ0n) is 8.06. The Labute approximate surface area is 86.1 Å². The second-order valence-corrected chi connectivity index (χ2v) is 3.16. The zero-order valence-corrected chi connectivity index (χ0v) is 8.06. The standard InChI is InChI=1S/C9H10N4O2/c10-5-7-6-11-9(12-8(7)14)13-1-3-15-4-2-13/h6H,1-4H2,(H,11,12,14). The van der Waals surface area contributed by atoms with Crippen LogP contribution in [-0.4, -0.2) is 36.3 Å². The summed E-state index contributed by atoms with van der Waals surface area (Å²) in [5.74, 6) is 0.502. The highest BCUT2D eigenvalue weighted by atomic mass is 16.5. The minimum absolute atomic E-state index is 0.0343. The third-order valence-electron chi connectivity index (χ3n) is 2.22. The molecule has 0 saturated carbocycles. The Balaban J connectivity index is 2.26. The molecule has 0 unspecified atom stereocenters. The molecular formula is C9H10N4O2. The molecule has 1 aromatic heterocycles. The molecule has 6 heteroatoms. The fourth-order valence-electron chi connectivity index (χ4n) is 1.40. The van der Waals surface area contributed by atoms with Gasteiger partial charge >= 0.3 is 0 Å². The van der Waals surface area contributed by atoms with Gasteiger partial charge in [0.2, 0.25) is 5.95 Å². The van der Waals surface area contributed by atoms with Crippen LogP contribution in [0.5, 0.6) is 0 Å². The number of morpholine rings is 1. The minimum atomic E-state index is -0.394. The van der Waals surface area contributed by atoms with Gasteiger partial charge in [-0.2, -0.15) is 5.26 Å². The van der Waals surface area contributed by atoms with Gasteiger partial charge in [0.1, 0.15) is 11.6 Å². The van der Waals surface area contributed by atoms with Crippen LogP contribution in [0, 0.1) is 11.3 Å². The first-order chi connectivity index (χ1) is 7.31. The molecule has 6 nitrogen and oxygen atoms in total. The molecular weight excluding hydrogens is 196 g/mol. The normalized spacial score (nSPS) is 16.1. The van der Waals surface area contributed by atoms with Gasteiger partial charge in [-0.05, 0) is 0 Å². The maximum absolute atomic E-state index is 11.3. The molecule has 1 saturated heterocycles. The number of aromatic amines is 1. The smallest absolute Gasteiger partial charge is 0.270 e. The maximum Gasteiger partial charge on any atom is 0.270 e. The number of H-pyrrole nitrogens is 1. The van der Waals surface area contributed by atoms with Crippen LogP contribution in [0.2, 0.25) is 0 Å². The lowest BCUT2D eigenvalue weighted by Crippen LogP contribution is -2.38. The van der Waals surface area contributed by atoms with Gasteiger partial charge < -0.3 is 9.64 Å². The van der Waals surface area contributed by atoms with Crippen molar-refractivity contribution in [3.8, 4) is 6.07 Å². The van der Waals surface area contributed by atoms with E-state index in [2.05, 4.69) is 9.97 Å². The Bertz CT molecular complexity index is 442. The SMILES string of the molecule is N#Cc1cnc(N2CCOCC2)[nH]c1=O. The van der Waals surface area contributed by atoms with E-state index in [4.69, 9.17) is 10.00 Å². The number of rotatable bonds is 1. The highest BCUT2D eigenvalue weighted by Gasteiger charge is 2.13. The number of hydrogen-bond donors (Lipinski definition) is 1. The fourth-order valence-corrected chi connectivity index (χ4v) is 1.40. The van der Waals surface area contributed by atoms with Crippen molar-refractivity contribution in [1.29, 1.82) is 5.26 Å². The Hall–Kier alpha value is -1.87. The third-order valence-corrected chi connectivity index (χ3v) is 2.22. The molecule has 2 rings (SSSR count). The van der Waals surface area contributed by atoms with E-state index in [0.29, 0.717) is 32.3 Å². The van der Waals surface area contributed by atoms with Crippen molar-refractivity contribution in [3.05, 3.63) is 22.1 Å². The number of nitrogens with one attached hydrogen (secondary N) is 1. The molecule has 0 radical (unpaired) electrons. The number of aromatic nitrogens is 2. The van der Waals surface area contributed by atoms with Crippen LogP contribution >= 0.6 is 0 Å². The lowest BCUT2D eigenvalue weighted by Gasteiger charge is -2.26. The topological polar surface area (TPSA) is 82.0 Å². The average molecular weight is 206 g/mol. The first kappa shape index (κ1) is 9.68. The maximum atomic E-state index is 11.3. The first-order valence-corrected chi connectivity index (χ1v) is 4.63. The number of anilines is 1. The van der Waals surface area contributed by atoms with Crippen LogP contribution < -0.4 is 10.5 Å². The third kappa shape index (κ3) is 1.97. The molecule has 1 aromatic rings. The van der Waals surface area contributed by atoms with Gasteiger partial charge in [0, 0.05) is 13.1 Å². The van der Waals surface area contributed by atoms with E-state index in [1.165, 1.54) is 6.20 Å². The van der Waals surface area contributed by atoms with Crippen LogP contribution in [-0.2, 0) is 4.74 Å². The summed E-state index contributed by atoms with van der Waals surface area (Å²) < 4.78 is 5.18. The van der Waals surface area contributed by atoms with Crippen LogP contribution in [0.4, 0.5) is 5.95 Å². The van der Waals surface area contributed by atoms with Crippen molar-refractivity contribution in [2.75, 3.05) is 31.2 Å². The number of ether oxygens (including phenoxy) is 1. The molecule has 0 aliphatic carbocycles. The summed E-state index contributed by atoms with van der Waals surface area (Å²) in [6, 6.07) is 1.78. The van der Waals surface area contributed by atoms with E-state index in [-0.39, 0.29) is 5.56 Å². The fraction of sp³-hybridized carbons (Fsp3) is 0.444. The summed E-state index contributed by atoms with van der Waals surface area (Å²) in [5, 5.41) is 8.58. The molecule has 0 spiro atoms. The van der Waals surface area contributed by atoms with Crippen molar-refractivity contribution in [3.63, 3.8) is 0 Å². The summed E-state index contributed by atoms with van der Waals surface area (Å²) in [4.78, 5) is 19.9. The van der Waals surface area contributed by atoms with Crippen LogP contribution in [0.3, 0.4) is 0 Å². The summed E-state index contributed by atoms with van der Waals surface area (Å²) in [5.41, 5.74) is -0.360. The number of nitriles is 1. The van der Waals surface area contributed by atoms with Gasteiger partial charge in [-0.3, -0.25) is 9.78 Å². The molecule has 0 amide bonds. The van der Waals surface area contributed by atoms with E-state index in [0.717, 1.165) is 0 Å². The Morgan fingerprint density at radius 2 is 2.27 bits per heavy atom. The summed E-state index contributed by atoms with van der Waals surface area (Å²) in [6.07, 6.45) is 1.30. The van der Waals surface area contributed by atoms with Gasteiger partial charge in [0.25, 0.3) is 5.56 Å². The Morgan fingerprint density at radius 3 is 2.87 bits per heavy atom. The first-order valence-electron chi connectivity index (χ1n) is 4.63. The average Bonchev–Trinajstić information content (AvgIpc) is 2.30. The van der Waals surface area contributed by atoms with Crippen molar-refractivity contribution >= 4 is 5.95 Å². The minimum Gasteiger partial charge on any atom is -0.378 e. The van der Waals surface area contributed by atoms with E-state index in [1.807, 2.05) is 4.90 Å². The predicted molar refractivity (Wildman–Crippen MR) is 52.6 cm³/mol. The molecule has 1 fully saturated rings. The summed E-state index contributed by atoms with van der Waals surface area (Å²) >= 11 is 0. The van der Waals surface area contributed by atoms with Crippen LogP contribution in [0.15, 0.2) is 11.0 Å². The van der Waals surface area contributed by atoms with Gasteiger partial charge in [-0.1, -0.05) is 0 Å². The molecule has 2 heterocycles. The highest BCUT2D eigenvalue weighted by Crippen LogP contribution is 2.06. The Morgan fingerprint density at radius 1 is 1.53 bits per heavy atom. The van der Waals surface area contributed by atoms with Crippen molar-refractivity contribution in [1.82, 2.24) is 9.97 Å². The van der Waals surface area contributed by atoms with Gasteiger partial charge in [0.15, 0.2) is 0 Å². The number of nitrogens with zero attached hydrogens (tertiary/aromatic N) is 3. The van der Waals surface area contributed by atoms with E-state index >= 15 is 0 Å². The lowest BCUT2D eigenvalue weighted by atomic mass is 10.4. The molecule has 1 aliphatic heterocycles. The van der Waals surface area contributed by atoms with Crippen LogP contribution in [0.25, 0.3) is 0 Å². The second kappa shape index (κ2) is 4.11. The second-order valence-electron chi connectivity index (χ2n) is 3.16. The monoisotopic (exact) mass is 206 g/mol. The van der Waals surface area contributed by atoms with Crippen molar-refractivity contribution in [2.24, 2.45) is 0 Å². The zero-order chi connectivity index (χ0) is 10.7. The predicted octanol–water partition coefficient (Wildman–Crippen LogP) is -0.522. The lowest BCUT2D eigenvalue weighted by molar-refractivity contribution is 0.122. The van der Waals surface area contributed by atoms with E-state index in [9.17, 15) is 4.79 Å². The summed E-state index contributed by atoms with van der Waals surface area (Å²) in [7, 11) is 0. The highest BCUT2D eigenvalue weighted by molar-refractivity contribution is 5.33. The molecule has 0 atom stereocenters. The van der Waals surface area contributed by atoms with Gasteiger partial charge in [-0.25, -0.2) is 4.98 Å². The molecule has 1 N–H and O–H groups in total. The molecule has 15 heavy (non-hydrogen) atoms. The van der Waals surface area contributed by atoms with Gasteiger partial charge in [0.05, 0.1) is 19.4 Å². The van der Waals surface area contributed by atoms with Gasteiger partial charge in [-0.15, -0.1) is 0 Å². The van der Waals surface area contributed by atoms with Crippen LogP contribution in [0.1, 0.15) is 5.56 Å². The van der Waals surface area contributed by atoms with E-state index < -0.39 is 5.56 Å². The largest absolute Gasteiger partial charge is 0.378 e. The molecule has 0 aromatic carbocycles. The van der Waals surface area contributed by atoms with Crippen molar-refractivity contribution < 1.29 is 4.74 Å². The summed E-state index contributed by atoms with van der Waals surface area (Å²) in [6.45, 7) is 2.66. The molecule has 78 valence electrons.